The van der Waals surface area contributed by atoms with Gasteiger partial charge in [-0.15, -0.1) is 0 Å². The van der Waals surface area contributed by atoms with Gasteiger partial charge >= 0.3 is 0 Å². The molecule has 0 saturated heterocycles. The summed E-state index contributed by atoms with van der Waals surface area (Å²) >= 11 is 7.05. The van der Waals surface area contributed by atoms with Gasteiger partial charge in [-0.25, -0.2) is 0 Å². The Morgan fingerprint density at radius 2 is 2.13 bits per heavy atom. The van der Waals surface area contributed by atoms with Crippen LogP contribution >= 0.6 is 31.9 Å². The Balaban J connectivity index is 2.74. The van der Waals surface area contributed by atoms with E-state index in [-0.39, 0.29) is 0 Å². The van der Waals surface area contributed by atoms with Crippen LogP contribution in [-0.4, -0.2) is 12.4 Å². The summed E-state index contributed by atoms with van der Waals surface area (Å²) in [4.78, 5) is 0. The Morgan fingerprint density at radius 1 is 1.40 bits per heavy atom. The average Bonchev–Trinajstić information content (AvgIpc) is 2.26. The standard InChI is InChI=1S/C12H16Br2O/c1-3-9(8-13)6-10-4-5-12(15-2)11(14)7-10/h4-5,7,9H,3,6,8H2,1-2H3. The van der Waals surface area contributed by atoms with Crippen LogP contribution in [0.25, 0.3) is 0 Å². The first-order valence-corrected chi connectivity index (χ1v) is 7.01. The SMILES string of the molecule is CCC(CBr)Cc1ccc(OC)c(Br)c1. The molecule has 0 N–H and O–H groups in total. The van der Waals surface area contributed by atoms with Crippen molar-refractivity contribution in [1.29, 1.82) is 0 Å². The summed E-state index contributed by atoms with van der Waals surface area (Å²) in [5.74, 6) is 1.61. The first-order valence-electron chi connectivity index (χ1n) is 5.09. The van der Waals surface area contributed by atoms with Crippen LogP contribution in [0.15, 0.2) is 22.7 Å². The maximum atomic E-state index is 5.20. The van der Waals surface area contributed by atoms with Crippen LogP contribution in [0.4, 0.5) is 0 Å². The highest BCUT2D eigenvalue weighted by Crippen LogP contribution is 2.27. The molecule has 1 nitrogen and oxygen atoms in total. The Labute approximate surface area is 108 Å². The molecule has 15 heavy (non-hydrogen) atoms. The van der Waals surface area contributed by atoms with E-state index >= 15 is 0 Å². The summed E-state index contributed by atoms with van der Waals surface area (Å²) < 4.78 is 6.24. The van der Waals surface area contributed by atoms with Crippen LogP contribution in [0.2, 0.25) is 0 Å². The average molecular weight is 336 g/mol. The predicted molar refractivity (Wildman–Crippen MR) is 72.0 cm³/mol. The lowest BCUT2D eigenvalue weighted by Gasteiger charge is -2.12. The third-order valence-electron chi connectivity index (χ3n) is 2.54. The summed E-state index contributed by atoms with van der Waals surface area (Å²) in [6.45, 7) is 2.23. The molecule has 0 spiro atoms. The molecule has 1 aromatic rings. The lowest BCUT2D eigenvalue weighted by atomic mass is 9.99. The van der Waals surface area contributed by atoms with E-state index in [4.69, 9.17) is 4.74 Å². The first kappa shape index (κ1) is 13.0. The monoisotopic (exact) mass is 334 g/mol. The van der Waals surface area contributed by atoms with Gasteiger partial charge in [0.1, 0.15) is 5.75 Å². The number of halogens is 2. The topological polar surface area (TPSA) is 9.23 Å². The summed E-state index contributed by atoms with van der Waals surface area (Å²) in [5.41, 5.74) is 1.36. The second-order valence-corrected chi connectivity index (χ2v) is 5.10. The molecule has 0 fully saturated rings. The molecule has 0 bridgehead atoms. The molecule has 1 aromatic carbocycles. The van der Waals surface area contributed by atoms with Crippen molar-refractivity contribution in [3.63, 3.8) is 0 Å². The Bertz CT molecular complexity index is 308. The van der Waals surface area contributed by atoms with E-state index in [1.807, 2.05) is 6.07 Å². The van der Waals surface area contributed by atoms with Gasteiger partial charge in [0, 0.05) is 5.33 Å². The first-order chi connectivity index (χ1) is 7.21. The second kappa shape index (κ2) is 6.54. The minimum absolute atomic E-state index is 0.713. The second-order valence-electron chi connectivity index (χ2n) is 3.60. The van der Waals surface area contributed by atoms with Gasteiger partial charge in [0.25, 0.3) is 0 Å². The number of hydrogen-bond acceptors (Lipinski definition) is 1. The van der Waals surface area contributed by atoms with Crippen LogP contribution in [0.3, 0.4) is 0 Å². The molecule has 0 amide bonds. The van der Waals surface area contributed by atoms with E-state index < -0.39 is 0 Å². The van der Waals surface area contributed by atoms with Crippen molar-refractivity contribution in [2.24, 2.45) is 5.92 Å². The van der Waals surface area contributed by atoms with Crippen LogP contribution in [-0.2, 0) is 6.42 Å². The maximum Gasteiger partial charge on any atom is 0.133 e. The molecule has 0 radical (unpaired) electrons. The fraction of sp³-hybridized carbons (Fsp3) is 0.500. The summed E-state index contributed by atoms with van der Waals surface area (Å²) in [6.07, 6.45) is 2.32. The highest BCUT2D eigenvalue weighted by Gasteiger charge is 2.07. The third kappa shape index (κ3) is 3.80. The van der Waals surface area contributed by atoms with Gasteiger partial charge in [-0.1, -0.05) is 35.3 Å². The number of alkyl halides is 1. The van der Waals surface area contributed by atoms with Crippen molar-refractivity contribution in [3.8, 4) is 5.75 Å². The zero-order valence-electron chi connectivity index (χ0n) is 9.09. The molecule has 0 aliphatic rings. The van der Waals surface area contributed by atoms with Crippen molar-refractivity contribution >= 4 is 31.9 Å². The molecule has 0 heterocycles. The smallest absolute Gasteiger partial charge is 0.133 e. The van der Waals surface area contributed by atoms with Gasteiger partial charge in [0.15, 0.2) is 0 Å². The molecular weight excluding hydrogens is 320 g/mol. The van der Waals surface area contributed by atoms with Crippen molar-refractivity contribution in [1.82, 2.24) is 0 Å². The maximum absolute atomic E-state index is 5.20. The van der Waals surface area contributed by atoms with Gasteiger partial charge in [-0.2, -0.15) is 0 Å². The number of rotatable bonds is 5. The van der Waals surface area contributed by atoms with Crippen molar-refractivity contribution in [2.75, 3.05) is 12.4 Å². The highest BCUT2D eigenvalue weighted by molar-refractivity contribution is 9.10. The molecule has 0 aliphatic heterocycles. The van der Waals surface area contributed by atoms with E-state index in [9.17, 15) is 0 Å². The van der Waals surface area contributed by atoms with Crippen molar-refractivity contribution in [3.05, 3.63) is 28.2 Å². The zero-order chi connectivity index (χ0) is 11.3. The zero-order valence-corrected chi connectivity index (χ0v) is 12.3. The number of hydrogen-bond donors (Lipinski definition) is 0. The lowest BCUT2D eigenvalue weighted by molar-refractivity contribution is 0.412. The summed E-state index contributed by atoms with van der Waals surface area (Å²) in [5, 5.41) is 1.06. The van der Waals surface area contributed by atoms with Gasteiger partial charge in [0.2, 0.25) is 0 Å². The van der Waals surface area contributed by atoms with Gasteiger partial charge in [-0.3, -0.25) is 0 Å². The van der Waals surface area contributed by atoms with E-state index in [1.54, 1.807) is 7.11 Å². The highest BCUT2D eigenvalue weighted by atomic mass is 79.9. The van der Waals surface area contributed by atoms with E-state index in [1.165, 1.54) is 12.0 Å². The normalized spacial score (nSPS) is 12.5. The Kier molecular flexibility index (Phi) is 5.69. The lowest BCUT2D eigenvalue weighted by Crippen LogP contribution is -2.04. The molecule has 3 heteroatoms. The molecule has 1 atom stereocenters. The van der Waals surface area contributed by atoms with Crippen molar-refractivity contribution in [2.45, 2.75) is 19.8 Å². The molecular formula is C12H16Br2O. The van der Waals surface area contributed by atoms with Gasteiger partial charge < -0.3 is 4.74 Å². The minimum atomic E-state index is 0.713. The summed E-state index contributed by atoms with van der Waals surface area (Å²) in [6, 6.07) is 6.29. The summed E-state index contributed by atoms with van der Waals surface area (Å²) in [7, 11) is 1.69. The largest absolute Gasteiger partial charge is 0.496 e. The molecule has 84 valence electrons. The molecule has 1 rings (SSSR count). The fourth-order valence-electron chi connectivity index (χ4n) is 1.48. The van der Waals surface area contributed by atoms with E-state index in [0.717, 1.165) is 22.0 Å². The third-order valence-corrected chi connectivity index (χ3v) is 4.07. The number of methoxy groups -OCH3 is 1. The van der Waals surface area contributed by atoms with Gasteiger partial charge in [0.05, 0.1) is 11.6 Å². The molecule has 1 unspecified atom stereocenters. The number of ether oxygens (including phenoxy) is 1. The molecule has 0 saturated carbocycles. The fourth-order valence-corrected chi connectivity index (χ4v) is 2.75. The predicted octanol–water partition coefficient (Wildman–Crippen LogP) is 4.42. The minimum Gasteiger partial charge on any atom is -0.496 e. The van der Waals surface area contributed by atoms with Crippen LogP contribution < -0.4 is 4.74 Å². The number of benzene rings is 1. The quantitative estimate of drug-likeness (QED) is 0.724. The van der Waals surface area contributed by atoms with E-state index in [0.29, 0.717) is 5.92 Å². The van der Waals surface area contributed by atoms with Gasteiger partial charge in [-0.05, 0) is 46.0 Å². The van der Waals surface area contributed by atoms with Crippen molar-refractivity contribution < 1.29 is 4.74 Å². The van der Waals surface area contributed by atoms with E-state index in [2.05, 4.69) is 50.9 Å². The Morgan fingerprint density at radius 3 is 2.60 bits per heavy atom. The van der Waals surface area contributed by atoms with Crippen LogP contribution in [0.1, 0.15) is 18.9 Å². The van der Waals surface area contributed by atoms with Crippen LogP contribution in [0.5, 0.6) is 5.75 Å². The molecule has 0 aliphatic carbocycles. The molecule has 0 aromatic heterocycles. The Hall–Kier alpha value is -0.0200. The van der Waals surface area contributed by atoms with Crippen LogP contribution in [0, 0.1) is 5.92 Å².